The van der Waals surface area contributed by atoms with Crippen LogP contribution < -0.4 is 10.4 Å². The van der Waals surface area contributed by atoms with Crippen molar-refractivity contribution in [2.24, 2.45) is 0 Å². The minimum absolute atomic E-state index is 0.0126. The van der Waals surface area contributed by atoms with Crippen LogP contribution in [0.1, 0.15) is 67.2 Å². The highest BCUT2D eigenvalue weighted by molar-refractivity contribution is 6.99. The summed E-state index contributed by atoms with van der Waals surface area (Å²) < 4.78 is 18.8. The van der Waals surface area contributed by atoms with E-state index in [4.69, 9.17) is 13.9 Å². The number of carbonyl (C=O) groups excluding carboxylic acids is 1. The average Bonchev–Trinajstić information content (AvgIpc) is 2.93. The molecule has 0 radical (unpaired) electrons. The minimum atomic E-state index is -2.70. The first kappa shape index (κ1) is 30.9. The van der Waals surface area contributed by atoms with Gasteiger partial charge in [0.2, 0.25) is 0 Å². The number of carbonyl (C=O) groups is 1. The molecule has 6 heteroatoms. The molecule has 1 aliphatic rings. The average molecular weight is 550 g/mol. The molecule has 0 aliphatic heterocycles. The number of hydrogen-bond donors (Lipinski definition) is 0. The molecule has 3 rings (SSSR count). The Kier molecular flexibility index (Phi) is 11.6. The SMILES string of the molecule is C/C=C/C(OCC)N(CCC1=CCCC[C@H]1O[Si](c1ccccc1)(c1ccccc1)C(C)(C)C)C(=O)OCC. The molecule has 0 aromatic heterocycles. The van der Waals surface area contributed by atoms with Crippen LogP contribution in [0.4, 0.5) is 4.79 Å². The molecule has 39 heavy (non-hydrogen) atoms. The van der Waals surface area contributed by atoms with Crippen molar-refractivity contribution >= 4 is 24.8 Å². The lowest BCUT2D eigenvalue weighted by Gasteiger charge is -2.46. The van der Waals surface area contributed by atoms with Crippen molar-refractivity contribution in [3.05, 3.63) is 84.5 Å². The Hall–Kier alpha value is -2.67. The normalized spacial score (nSPS) is 17.1. The van der Waals surface area contributed by atoms with Crippen LogP contribution in [-0.4, -0.2) is 51.4 Å². The number of nitrogens with zero attached hydrogens (tertiary/aromatic N) is 1. The van der Waals surface area contributed by atoms with Gasteiger partial charge >= 0.3 is 6.09 Å². The zero-order valence-corrected chi connectivity index (χ0v) is 25.7. The van der Waals surface area contributed by atoms with Crippen molar-refractivity contribution < 1.29 is 18.7 Å². The zero-order valence-electron chi connectivity index (χ0n) is 24.7. The molecule has 0 saturated carbocycles. The van der Waals surface area contributed by atoms with Crippen LogP contribution in [0.25, 0.3) is 0 Å². The van der Waals surface area contributed by atoms with Gasteiger partial charge in [-0.1, -0.05) is 93.6 Å². The van der Waals surface area contributed by atoms with Gasteiger partial charge in [0, 0.05) is 13.2 Å². The topological polar surface area (TPSA) is 48.0 Å². The molecule has 1 unspecified atom stereocenters. The van der Waals surface area contributed by atoms with Gasteiger partial charge in [-0.05, 0) is 73.5 Å². The number of rotatable bonds is 12. The summed E-state index contributed by atoms with van der Waals surface area (Å²) in [4.78, 5) is 14.7. The molecule has 1 aliphatic carbocycles. The van der Waals surface area contributed by atoms with Crippen molar-refractivity contribution in [1.82, 2.24) is 4.90 Å². The van der Waals surface area contributed by atoms with Crippen LogP contribution >= 0.6 is 0 Å². The summed E-state index contributed by atoms with van der Waals surface area (Å²) in [6, 6.07) is 21.6. The second kappa shape index (κ2) is 14.6. The van der Waals surface area contributed by atoms with E-state index in [9.17, 15) is 4.79 Å². The second-order valence-corrected chi connectivity index (χ2v) is 15.2. The van der Waals surface area contributed by atoms with Gasteiger partial charge in [-0.2, -0.15) is 0 Å². The quantitative estimate of drug-likeness (QED) is 0.165. The van der Waals surface area contributed by atoms with E-state index in [1.807, 2.05) is 32.9 Å². The monoisotopic (exact) mass is 549 g/mol. The Bertz CT molecular complexity index is 1040. The summed E-state index contributed by atoms with van der Waals surface area (Å²) in [6.07, 6.45) is 9.14. The summed E-state index contributed by atoms with van der Waals surface area (Å²) in [5.41, 5.74) is 1.26. The van der Waals surface area contributed by atoms with Crippen molar-refractivity contribution in [3.63, 3.8) is 0 Å². The van der Waals surface area contributed by atoms with E-state index in [1.54, 1.807) is 4.90 Å². The maximum Gasteiger partial charge on any atom is 0.412 e. The molecule has 1 amide bonds. The fourth-order valence-corrected chi connectivity index (χ4v) is 10.3. The third kappa shape index (κ3) is 7.50. The first-order chi connectivity index (χ1) is 18.8. The molecule has 2 aromatic carbocycles. The molecule has 0 saturated heterocycles. The van der Waals surface area contributed by atoms with Gasteiger partial charge in [0.15, 0.2) is 6.23 Å². The van der Waals surface area contributed by atoms with Gasteiger partial charge in [0.05, 0.1) is 12.7 Å². The van der Waals surface area contributed by atoms with Gasteiger partial charge in [0.1, 0.15) is 0 Å². The highest BCUT2D eigenvalue weighted by Crippen LogP contribution is 2.40. The smallest absolute Gasteiger partial charge is 0.412 e. The van der Waals surface area contributed by atoms with E-state index in [0.29, 0.717) is 26.2 Å². The Morgan fingerprint density at radius 2 is 1.64 bits per heavy atom. The molecular formula is C33H47NO4Si. The largest absolute Gasteiger partial charge is 0.450 e. The Labute approximate surface area is 237 Å². The van der Waals surface area contributed by atoms with Crippen molar-refractivity contribution in [2.75, 3.05) is 19.8 Å². The number of amides is 1. The molecule has 0 heterocycles. The van der Waals surface area contributed by atoms with Crippen LogP contribution in [-0.2, 0) is 13.9 Å². The van der Waals surface area contributed by atoms with Crippen LogP contribution in [0.5, 0.6) is 0 Å². The second-order valence-electron chi connectivity index (χ2n) is 11.0. The molecule has 5 nitrogen and oxygen atoms in total. The first-order valence-electron chi connectivity index (χ1n) is 14.4. The standard InChI is InChI=1S/C33H47NO4Si/c1-7-18-31(36-8-2)34(32(35)37-9-3)26-25-27-19-16-17-24-30(27)38-39(33(4,5)6,28-20-12-10-13-21-28)29-22-14-11-15-23-29/h7,10-15,18-23,30-31H,8-9,16-17,24-26H2,1-6H3/b18-7+/t30-,31?/m1/s1. The molecule has 0 bridgehead atoms. The van der Waals surface area contributed by atoms with Crippen molar-refractivity contribution in [2.45, 2.75) is 84.6 Å². The highest BCUT2D eigenvalue weighted by atomic mass is 28.4. The summed E-state index contributed by atoms with van der Waals surface area (Å²) in [5.74, 6) is 0. The van der Waals surface area contributed by atoms with Crippen molar-refractivity contribution in [1.29, 1.82) is 0 Å². The summed E-state index contributed by atoms with van der Waals surface area (Å²) >= 11 is 0. The lowest BCUT2D eigenvalue weighted by atomic mass is 9.94. The predicted molar refractivity (Wildman–Crippen MR) is 163 cm³/mol. The van der Waals surface area contributed by atoms with E-state index >= 15 is 0 Å². The zero-order chi connectivity index (χ0) is 28.3. The molecule has 2 aromatic rings. The maximum atomic E-state index is 13.0. The Balaban J connectivity index is 1.97. The Morgan fingerprint density at radius 3 is 2.15 bits per heavy atom. The maximum absolute atomic E-state index is 13.0. The molecular weight excluding hydrogens is 502 g/mol. The number of hydrogen-bond acceptors (Lipinski definition) is 4. The minimum Gasteiger partial charge on any atom is -0.450 e. The molecule has 0 spiro atoms. The van der Waals surface area contributed by atoms with Crippen LogP contribution in [0, 0.1) is 0 Å². The van der Waals surface area contributed by atoms with E-state index < -0.39 is 14.5 Å². The summed E-state index contributed by atoms with van der Waals surface area (Å²) in [6.45, 7) is 14.0. The molecule has 212 valence electrons. The molecule has 2 atom stereocenters. The third-order valence-corrected chi connectivity index (χ3v) is 12.4. The highest BCUT2D eigenvalue weighted by Gasteiger charge is 2.51. The van der Waals surface area contributed by atoms with Gasteiger partial charge in [-0.3, -0.25) is 4.90 Å². The lowest BCUT2D eigenvalue weighted by Crippen LogP contribution is -2.68. The number of ether oxygens (including phenoxy) is 2. The lowest BCUT2D eigenvalue weighted by molar-refractivity contribution is -0.0202. The summed E-state index contributed by atoms with van der Waals surface area (Å²) in [5, 5.41) is 2.47. The van der Waals surface area contributed by atoms with Gasteiger partial charge in [-0.25, -0.2) is 4.79 Å². The van der Waals surface area contributed by atoms with Crippen molar-refractivity contribution in [3.8, 4) is 0 Å². The van der Waals surface area contributed by atoms with Gasteiger partial charge < -0.3 is 13.9 Å². The van der Waals surface area contributed by atoms with E-state index in [-0.39, 0.29) is 17.2 Å². The van der Waals surface area contributed by atoms with E-state index in [0.717, 1.165) is 19.3 Å². The van der Waals surface area contributed by atoms with E-state index in [1.165, 1.54) is 15.9 Å². The Morgan fingerprint density at radius 1 is 1.03 bits per heavy atom. The molecule has 0 fully saturated rings. The molecule has 0 N–H and O–H groups in total. The van der Waals surface area contributed by atoms with Crippen LogP contribution in [0.3, 0.4) is 0 Å². The van der Waals surface area contributed by atoms with E-state index in [2.05, 4.69) is 87.5 Å². The summed E-state index contributed by atoms with van der Waals surface area (Å²) in [7, 11) is -2.70. The predicted octanol–water partition coefficient (Wildman–Crippen LogP) is 6.83. The number of allylic oxidation sites excluding steroid dienone is 2. The van der Waals surface area contributed by atoms with Gasteiger partial charge in [0.25, 0.3) is 8.32 Å². The first-order valence-corrected chi connectivity index (χ1v) is 16.3. The number of benzene rings is 2. The third-order valence-electron chi connectivity index (χ3n) is 7.37. The fourth-order valence-electron chi connectivity index (χ4n) is 5.57. The van der Waals surface area contributed by atoms with Crippen LogP contribution in [0.2, 0.25) is 5.04 Å². The van der Waals surface area contributed by atoms with Gasteiger partial charge in [-0.15, -0.1) is 0 Å². The van der Waals surface area contributed by atoms with Crippen LogP contribution in [0.15, 0.2) is 84.5 Å². The fraction of sp³-hybridized carbons (Fsp3) is 0.485.